The van der Waals surface area contributed by atoms with Gasteiger partial charge in [-0.1, -0.05) is 24.6 Å². The number of carbonyl (C=O) groups is 1. The SMILES string of the molecule is N#CCNC(=O)CN1CCCCCc2ccccc21. The van der Waals surface area contributed by atoms with Crippen molar-refractivity contribution in [3.63, 3.8) is 0 Å². The lowest BCUT2D eigenvalue weighted by Crippen LogP contribution is -2.38. The van der Waals surface area contributed by atoms with Crippen LogP contribution in [0.1, 0.15) is 24.8 Å². The average molecular weight is 257 g/mol. The van der Waals surface area contributed by atoms with E-state index in [1.807, 2.05) is 18.2 Å². The molecule has 0 saturated carbocycles. The Balaban J connectivity index is 2.11. The lowest BCUT2D eigenvalue weighted by atomic mass is 10.0. The van der Waals surface area contributed by atoms with Gasteiger partial charge in [-0.3, -0.25) is 4.79 Å². The number of nitrogens with zero attached hydrogens (tertiary/aromatic N) is 2. The Labute approximate surface area is 114 Å². The molecule has 0 bridgehead atoms. The molecule has 1 aromatic carbocycles. The summed E-state index contributed by atoms with van der Waals surface area (Å²) in [6, 6.07) is 10.2. The number of nitrogens with one attached hydrogen (secondary N) is 1. The first-order valence-electron chi connectivity index (χ1n) is 6.78. The zero-order valence-corrected chi connectivity index (χ0v) is 11.1. The predicted molar refractivity (Wildman–Crippen MR) is 74.8 cm³/mol. The van der Waals surface area contributed by atoms with Crippen molar-refractivity contribution in [2.75, 3.05) is 24.5 Å². The number of benzene rings is 1. The molecular formula is C15H19N3O. The molecule has 1 N–H and O–H groups in total. The molecule has 4 heteroatoms. The topological polar surface area (TPSA) is 56.1 Å². The first-order chi connectivity index (χ1) is 9.31. The van der Waals surface area contributed by atoms with Gasteiger partial charge >= 0.3 is 0 Å². The highest BCUT2D eigenvalue weighted by atomic mass is 16.2. The van der Waals surface area contributed by atoms with E-state index in [9.17, 15) is 4.79 Å². The summed E-state index contributed by atoms with van der Waals surface area (Å²) < 4.78 is 0. The van der Waals surface area contributed by atoms with Crippen LogP contribution in [0.3, 0.4) is 0 Å². The van der Waals surface area contributed by atoms with Gasteiger partial charge in [-0.05, 0) is 30.9 Å². The molecule has 0 fully saturated rings. The van der Waals surface area contributed by atoms with Gasteiger partial charge < -0.3 is 10.2 Å². The Bertz CT molecular complexity index is 479. The summed E-state index contributed by atoms with van der Waals surface area (Å²) in [6.45, 7) is 1.31. The summed E-state index contributed by atoms with van der Waals surface area (Å²) in [6.07, 6.45) is 4.60. The highest BCUT2D eigenvalue weighted by Crippen LogP contribution is 2.25. The highest BCUT2D eigenvalue weighted by Gasteiger charge is 2.16. The number of rotatable bonds is 3. The van der Waals surface area contributed by atoms with Crippen LogP contribution in [0.2, 0.25) is 0 Å². The minimum Gasteiger partial charge on any atom is -0.362 e. The summed E-state index contributed by atoms with van der Waals surface area (Å²) in [5.74, 6) is -0.0862. The number of nitriles is 1. The lowest BCUT2D eigenvalue weighted by molar-refractivity contribution is -0.119. The molecular weight excluding hydrogens is 238 g/mol. The Morgan fingerprint density at radius 1 is 1.32 bits per heavy atom. The molecule has 100 valence electrons. The van der Waals surface area contributed by atoms with Crippen LogP contribution >= 0.6 is 0 Å². The van der Waals surface area contributed by atoms with Crippen molar-refractivity contribution in [1.29, 1.82) is 5.26 Å². The molecule has 4 nitrogen and oxygen atoms in total. The van der Waals surface area contributed by atoms with Crippen molar-refractivity contribution in [2.24, 2.45) is 0 Å². The molecule has 0 unspecified atom stereocenters. The molecule has 2 rings (SSSR count). The van der Waals surface area contributed by atoms with Gasteiger partial charge in [0.25, 0.3) is 0 Å². The summed E-state index contributed by atoms with van der Waals surface area (Å²) in [5, 5.41) is 11.1. The monoisotopic (exact) mass is 257 g/mol. The minimum absolute atomic E-state index is 0.0777. The normalized spacial score (nSPS) is 14.8. The fraction of sp³-hybridized carbons (Fsp3) is 0.467. The van der Waals surface area contributed by atoms with Crippen molar-refractivity contribution in [2.45, 2.75) is 25.7 Å². The van der Waals surface area contributed by atoms with E-state index in [1.54, 1.807) is 0 Å². The Morgan fingerprint density at radius 2 is 2.16 bits per heavy atom. The van der Waals surface area contributed by atoms with E-state index in [1.165, 1.54) is 18.4 Å². The lowest BCUT2D eigenvalue weighted by Gasteiger charge is -2.28. The quantitative estimate of drug-likeness (QED) is 0.841. The number of anilines is 1. The van der Waals surface area contributed by atoms with Gasteiger partial charge in [0.05, 0.1) is 12.6 Å². The Hall–Kier alpha value is -2.02. The Morgan fingerprint density at radius 3 is 3.00 bits per heavy atom. The second-order valence-corrected chi connectivity index (χ2v) is 4.80. The number of fused-ring (bicyclic) bond motifs is 1. The first kappa shape index (κ1) is 13.4. The van der Waals surface area contributed by atoms with E-state index in [0.717, 1.165) is 25.1 Å². The van der Waals surface area contributed by atoms with Crippen molar-refractivity contribution in [1.82, 2.24) is 5.32 Å². The van der Waals surface area contributed by atoms with Crippen LogP contribution in [0.4, 0.5) is 5.69 Å². The third-order valence-electron chi connectivity index (χ3n) is 3.41. The van der Waals surface area contributed by atoms with Crippen LogP contribution in [0.5, 0.6) is 0 Å². The maximum absolute atomic E-state index is 11.8. The molecule has 1 amide bonds. The largest absolute Gasteiger partial charge is 0.362 e. The maximum atomic E-state index is 11.8. The number of hydrogen-bond acceptors (Lipinski definition) is 3. The van der Waals surface area contributed by atoms with Gasteiger partial charge in [0.2, 0.25) is 5.91 Å². The van der Waals surface area contributed by atoms with Gasteiger partial charge in [0.1, 0.15) is 6.54 Å². The molecule has 0 aliphatic carbocycles. The summed E-state index contributed by atoms with van der Waals surface area (Å²) >= 11 is 0. The van der Waals surface area contributed by atoms with Crippen molar-refractivity contribution < 1.29 is 4.79 Å². The van der Waals surface area contributed by atoms with E-state index < -0.39 is 0 Å². The molecule has 0 aromatic heterocycles. The molecule has 19 heavy (non-hydrogen) atoms. The van der Waals surface area contributed by atoms with Crippen LogP contribution in [0, 0.1) is 11.3 Å². The molecule has 1 aromatic rings. The molecule has 0 radical (unpaired) electrons. The minimum atomic E-state index is -0.0862. The molecule has 1 aliphatic rings. The van der Waals surface area contributed by atoms with E-state index >= 15 is 0 Å². The van der Waals surface area contributed by atoms with Gasteiger partial charge in [-0.15, -0.1) is 0 Å². The number of hydrogen-bond donors (Lipinski definition) is 1. The van der Waals surface area contributed by atoms with Gasteiger partial charge in [-0.2, -0.15) is 5.26 Å². The predicted octanol–water partition coefficient (Wildman–Crippen LogP) is 1.86. The summed E-state index contributed by atoms with van der Waals surface area (Å²) in [4.78, 5) is 13.9. The Kier molecular flexibility index (Phi) is 4.79. The summed E-state index contributed by atoms with van der Waals surface area (Å²) in [5.41, 5.74) is 2.48. The standard InChI is InChI=1S/C15H19N3O/c16-9-10-17-15(19)12-18-11-5-1-2-6-13-7-3-4-8-14(13)18/h3-4,7-8H,1-2,5-6,10-12H2,(H,17,19). The third-order valence-corrected chi connectivity index (χ3v) is 3.41. The number of carbonyl (C=O) groups excluding carboxylic acids is 1. The van der Waals surface area contributed by atoms with Crippen LogP contribution in [-0.2, 0) is 11.2 Å². The van der Waals surface area contributed by atoms with E-state index in [2.05, 4.69) is 22.3 Å². The van der Waals surface area contributed by atoms with Crippen LogP contribution in [0.15, 0.2) is 24.3 Å². The number of para-hydroxylation sites is 1. The fourth-order valence-electron chi connectivity index (χ4n) is 2.48. The van der Waals surface area contributed by atoms with Crippen molar-refractivity contribution in [3.05, 3.63) is 29.8 Å². The molecule has 0 atom stereocenters. The number of aryl methyl sites for hydroxylation is 1. The van der Waals surface area contributed by atoms with Crippen LogP contribution in [0.25, 0.3) is 0 Å². The fourth-order valence-corrected chi connectivity index (χ4v) is 2.48. The molecule has 0 spiro atoms. The number of amides is 1. The summed E-state index contributed by atoms with van der Waals surface area (Å²) in [7, 11) is 0. The second-order valence-electron chi connectivity index (χ2n) is 4.80. The van der Waals surface area contributed by atoms with E-state index in [4.69, 9.17) is 5.26 Å². The molecule has 1 heterocycles. The van der Waals surface area contributed by atoms with Gasteiger partial charge in [0.15, 0.2) is 0 Å². The second kappa shape index (κ2) is 6.79. The van der Waals surface area contributed by atoms with Crippen LogP contribution < -0.4 is 10.2 Å². The van der Waals surface area contributed by atoms with Crippen molar-refractivity contribution in [3.8, 4) is 6.07 Å². The average Bonchev–Trinajstić information content (AvgIpc) is 2.41. The highest BCUT2D eigenvalue weighted by molar-refractivity contribution is 5.81. The van der Waals surface area contributed by atoms with Gasteiger partial charge in [0, 0.05) is 12.2 Å². The third kappa shape index (κ3) is 3.72. The van der Waals surface area contributed by atoms with Crippen LogP contribution in [-0.4, -0.2) is 25.5 Å². The maximum Gasteiger partial charge on any atom is 0.240 e. The first-order valence-corrected chi connectivity index (χ1v) is 6.78. The molecule has 0 saturated heterocycles. The smallest absolute Gasteiger partial charge is 0.240 e. The van der Waals surface area contributed by atoms with E-state index in [0.29, 0.717) is 6.54 Å². The zero-order chi connectivity index (χ0) is 13.5. The zero-order valence-electron chi connectivity index (χ0n) is 11.1. The van der Waals surface area contributed by atoms with Crippen molar-refractivity contribution >= 4 is 11.6 Å². The molecule has 1 aliphatic heterocycles. The van der Waals surface area contributed by atoms with E-state index in [-0.39, 0.29) is 12.5 Å². The van der Waals surface area contributed by atoms with Gasteiger partial charge in [-0.25, -0.2) is 0 Å².